The smallest absolute Gasteiger partial charge is 0.135 e. The summed E-state index contributed by atoms with van der Waals surface area (Å²) in [6.45, 7) is 7.91. The summed E-state index contributed by atoms with van der Waals surface area (Å²) >= 11 is 3.59. The van der Waals surface area contributed by atoms with Gasteiger partial charge in [0.1, 0.15) is 5.76 Å². The molecule has 1 saturated carbocycles. The number of halogens is 1. The minimum absolute atomic E-state index is 0.357. The van der Waals surface area contributed by atoms with Crippen molar-refractivity contribution >= 4 is 15.9 Å². The van der Waals surface area contributed by atoms with Gasteiger partial charge in [-0.3, -0.25) is 0 Å². The zero-order valence-corrected chi connectivity index (χ0v) is 13.2. The molecule has 18 heavy (non-hydrogen) atoms. The molecule has 1 aromatic rings. The first-order valence-electron chi connectivity index (χ1n) is 7.00. The maximum atomic E-state index is 5.67. The van der Waals surface area contributed by atoms with Crippen molar-refractivity contribution in [2.24, 2.45) is 11.3 Å². The van der Waals surface area contributed by atoms with Gasteiger partial charge in [-0.2, -0.15) is 0 Å². The zero-order chi connectivity index (χ0) is 13.2. The van der Waals surface area contributed by atoms with Gasteiger partial charge in [-0.15, -0.1) is 0 Å². The van der Waals surface area contributed by atoms with E-state index in [1.807, 2.05) is 6.07 Å². The van der Waals surface area contributed by atoms with Crippen LogP contribution in [0.4, 0.5) is 0 Å². The lowest BCUT2D eigenvalue weighted by Gasteiger charge is -2.37. The molecule has 2 nitrogen and oxygen atoms in total. The molecular formula is C15H24BrNO. The Labute approximate surface area is 119 Å². The summed E-state index contributed by atoms with van der Waals surface area (Å²) in [6.07, 6.45) is 6.99. The average Bonchev–Trinajstić information content (AvgIpc) is 2.73. The Balaban J connectivity index is 2.10. The maximum Gasteiger partial charge on any atom is 0.135 e. The molecule has 1 heterocycles. The lowest BCUT2D eigenvalue weighted by molar-refractivity contribution is 0.153. The van der Waals surface area contributed by atoms with E-state index in [0.29, 0.717) is 17.4 Å². The van der Waals surface area contributed by atoms with E-state index in [2.05, 4.69) is 42.0 Å². The van der Waals surface area contributed by atoms with Gasteiger partial charge in [-0.25, -0.2) is 0 Å². The highest BCUT2D eigenvalue weighted by molar-refractivity contribution is 9.10. The first-order valence-corrected chi connectivity index (χ1v) is 7.79. The van der Waals surface area contributed by atoms with E-state index >= 15 is 0 Å². The molecule has 1 fully saturated rings. The second-order valence-corrected chi connectivity index (χ2v) is 7.02. The molecule has 3 heteroatoms. The van der Waals surface area contributed by atoms with Crippen molar-refractivity contribution < 1.29 is 4.42 Å². The predicted molar refractivity (Wildman–Crippen MR) is 78.6 cm³/mol. The zero-order valence-electron chi connectivity index (χ0n) is 11.6. The Hall–Kier alpha value is -0.280. The summed E-state index contributed by atoms with van der Waals surface area (Å²) in [6, 6.07) is 2.35. The summed E-state index contributed by atoms with van der Waals surface area (Å²) in [4.78, 5) is 0. The summed E-state index contributed by atoms with van der Waals surface area (Å²) in [5.41, 5.74) is 0.521. The van der Waals surface area contributed by atoms with Gasteiger partial charge in [0, 0.05) is 0 Å². The molecule has 1 N–H and O–H groups in total. The fourth-order valence-electron chi connectivity index (χ4n) is 2.98. The third kappa shape index (κ3) is 3.18. The normalized spacial score (nSPS) is 22.0. The Kier molecular flexibility index (Phi) is 4.54. The fourth-order valence-corrected chi connectivity index (χ4v) is 3.42. The van der Waals surface area contributed by atoms with E-state index in [1.165, 1.54) is 25.7 Å². The van der Waals surface area contributed by atoms with Gasteiger partial charge in [0.05, 0.1) is 16.8 Å². The van der Waals surface area contributed by atoms with Gasteiger partial charge in [0.2, 0.25) is 0 Å². The summed E-state index contributed by atoms with van der Waals surface area (Å²) < 4.78 is 6.77. The molecule has 0 spiro atoms. The highest BCUT2D eigenvalue weighted by atomic mass is 79.9. The summed E-state index contributed by atoms with van der Waals surface area (Å²) in [5.74, 6) is 1.77. The minimum atomic E-state index is 0.357. The van der Waals surface area contributed by atoms with Crippen molar-refractivity contribution in [3.05, 3.63) is 22.6 Å². The summed E-state index contributed by atoms with van der Waals surface area (Å²) in [5, 5.41) is 3.60. The Morgan fingerprint density at radius 3 is 2.61 bits per heavy atom. The minimum Gasteiger partial charge on any atom is -0.466 e. The molecule has 0 radical (unpaired) electrons. The van der Waals surface area contributed by atoms with Gasteiger partial charge in [-0.1, -0.05) is 20.8 Å². The van der Waals surface area contributed by atoms with Crippen LogP contribution in [0.15, 0.2) is 21.2 Å². The number of furan rings is 1. The number of nitrogens with one attached hydrogen (secondary N) is 1. The Morgan fingerprint density at radius 2 is 2.11 bits per heavy atom. The average molecular weight is 314 g/mol. The van der Waals surface area contributed by atoms with Crippen molar-refractivity contribution in [3.63, 3.8) is 0 Å². The molecule has 0 amide bonds. The van der Waals surface area contributed by atoms with Crippen LogP contribution < -0.4 is 5.32 Å². The molecule has 0 saturated heterocycles. The molecule has 102 valence electrons. The second-order valence-electron chi connectivity index (χ2n) is 6.17. The van der Waals surface area contributed by atoms with E-state index in [-0.39, 0.29) is 0 Å². The lowest BCUT2D eigenvalue weighted by atomic mass is 9.71. The van der Waals surface area contributed by atoms with Crippen LogP contribution in [0.1, 0.15) is 58.3 Å². The van der Waals surface area contributed by atoms with Crippen molar-refractivity contribution in [2.45, 2.75) is 52.5 Å². The maximum absolute atomic E-state index is 5.67. The largest absolute Gasteiger partial charge is 0.466 e. The van der Waals surface area contributed by atoms with Crippen LogP contribution >= 0.6 is 15.9 Å². The third-order valence-electron chi connectivity index (χ3n) is 4.21. The molecule has 2 rings (SSSR count). The Morgan fingerprint density at radius 1 is 1.44 bits per heavy atom. The van der Waals surface area contributed by atoms with E-state index < -0.39 is 0 Å². The first kappa shape index (κ1) is 14.1. The van der Waals surface area contributed by atoms with E-state index in [9.17, 15) is 0 Å². The van der Waals surface area contributed by atoms with Gasteiger partial charge < -0.3 is 9.73 Å². The molecule has 0 aliphatic heterocycles. The molecular weight excluding hydrogens is 290 g/mol. The van der Waals surface area contributed by atoms with E-state index in [4.69, 9.17) is 4.42 Å². The molecule has 1 unspecified atom stereocenters. The first-order chi connectivity index (χ1) is 8.53. The van der Waals surface area contributed by atoms with Crippen LogP contribution in [0.3, 0.4) is 0 Å². The highest BCUT2D eigenvalue weighted by Gasteiger charge is 2.33. The van der Waals surface area contributed by atoms with Crippen molar-refractivity contribution in [2.75, 3.05) is 6.54 Å². The highest BCUT2D eigenvalue weighted by Crippen LogP contribution is 2.43. The molecule has 1 aliphatic rings. The van der Waals surface area contributed by atoms with Crippen LogP contribution in [0.5, 0.6) is 0 Å². The van der Waals surface area contributed by atoms with E-state index in [1.54, 1.807) is 6.26 Å². The standard InChI is InChI=1S/C15H24BrNO/c1-4-17-13(14-12(16)7-10-18-14)11-5-8-15(2,3)9-6-11/h7,10-11,13,17H,4-6,8-9H2,1-3H3. The second kappa shape index (κ2) is 5.79. The van der Waals surface area contributed by atoms with Crippen LogP contribution in [0.25, 0.3) is 0 Å². The predicted octanol–water partition coefficient (Wildman–Crippen LogP) is 4.91. The molecule has 0 bridgehead atoms. The molecule has 1 aliphatic carbocycles. The van der Waals surface area contributed by atoms with Crippen molar-refractivity contribution in [1.29, 1.82) is 0 Å². The number of hydrogen-bond donors (Lipinski definition) is 1. The Bertz CT molecular complexity index is 376. The van der Waals surface area contributed by atoms with Gasteiger partial charge in [0.15, 0.2) is 0 Å². The lowest BCUT2D eigenvalue weighted by Crippen LogP contribution is -2.32. The quantitative estimate of drug-likeness (QED) is 0.854. The molecule has 1 atom stereocenters. The third-order valence-corrected chi connectivity index (χ3v) is 4.86. The monoisotopic (exact) mass is 313 g/mol. The van der Waals surface area contributed by atoms with Crippen LogP contribution in [0.2, 0.25) is 0 Å². The van der Waals surface area contributed by atoms with E-state index in [0.717, 1.165) is 16.8 Å². The van der Waals surface area contributed by atoms with Crippen LogP contribution in [0, 0.1) is 11.3 Å². The summed E-state index contributed by atoms with van der Waals surface area (Å²) in [7, 11) is 0. The number of rotatable bonds is 4. The number of hydrogen-bond acceptors (Lipinski definition) is 2. The van der Waals surface area contributed by atoms with Gasteiger partial charge in [-0.05, 0) is 65.6 Å². The van der Waals surface area contributed by atoms with Crippen LogP contribution in [-0.4, -0.2) is 6.54 Å². The van der Waals surface area contributed by atoms with Crippen molar-refractivity contribution in [3.8, 4) is 0 Å². The topological polar surface area (TPSA) is 25.2 Å². The van der Waals surface area contributed by atoms with Gasteiger partial charge in [0.25, 0.3) is 0 Å². The van der Waals surface area contributed by atoms with Gasteiger partial charge >= 0.3 is 0 Å². The fraction of sp³-hybridized carbons (Fsp3) is 0.733. The van der Waals surface area contributed by atoms with Crippen LogP contribution in [-0.2, 0) is 0 Å². The molecule has 0 aromatic carbocycles. The SMILES string of the molecule is CCNC(c1occc1Br)C1CCC(C)(C)CC1. The molecule has 1 aromatic heterocycles. The van der Waals surface area contributed by atoms with Crippen molar-refractivity contribution in [1.82, 2.24) is 5.32 Å².